The smallest absolute Gasteiger partial charge is 0.258 e. The number of rotatable bonds is 7. The third kappa shape index (κ3) is 5.08. The van der Waals surface area contributed by atoms with E-state index in [1.165, 1.54) is 0 Å². The summed E-state index contributed by atoms with van der Waals surface area (Å²) in [6.45, 7) is 3.82. The average Bonchev–Trinajstić information content (AvgIpc) is 3.16. The van der Waals surface area contributed by atoms with Gasteiger partial charge in [0.1, 0.15) is 11.8 Å². The highest BCUT2D eigenvalue weighted by molar-refractivity contribution is 6.30. The van der Waals surface area contributed by atoms with Crippen molar-refractivity contribution in [3.63, 3.8) is 0 Å². The second kappa shape index (κ2) is 8.68. The maximum Gasteiger partial charge on any atom is 0.258 e. The fourth-order valence-corrected chi connectivity index (χ4v) is 2.60. The Morgan fingerprint density at radius 1 is 1.15 bits per heavy atom. The molecule has 0 saturated carbocycles. The number of ether oxygens (including phenoxy) is 1. The number of hydrogen-bond donors (Lipinski definition) is 1. The lowest BCUT2D eigenvalue weighted by atomic mass is 10.0. The molecule has 0 spiro atoms. The summed E-state index contributed by atoms with van der Waals surface area (Å²) >= 11 is 5.83. The van der Waals surface area contributed by atoms with Crippen LogP contribution in [0.5, 0.6) is 5.75 Å². The molecule has 0 saturated heterocycles. The van der Waals surface area contributed by atoms with Gasteiger partial charge in [0.15, 0.2) is 6.61 Å². The molecule has 3 aromatic rings. The van der Waals surface area contributed by atoms with Crippen LogP contribution in [0.3, 0.4) is 0 Å². The van der Waals surface area contributed by atoms with E-state index in [1.807, 2.05) is 44.2 Å². The van der Waals surface area contributed by atoms with Crippen molar-refractivity contribution < 1.29 is 14.1 Å². The molecule has 1 unspecified atom stereocenters. The van der Waals surface area contributed by atoms with Crippen molar-refractivity contribution in [3.05, 3.63) is 65.5 Å². The SMILES string of the molecule is CC(C)C(NC(=O)COc1ccc(Cl)cc1)c1nc(-c2ccccc2)no1. The second-order valence-corrected chi connectivity index (χ2v) is 6.79. The Kier molecular flexibility index (Phi) is 6.08. The Bertz CT molecular complexity index is 879. The molecule has 1 atom stereocenters. The van der Waals surface area contributed by atoms with Crippen LogP contribution in [0.4, 0.5) is 0 Å². The molecule has 0 aliphatic rings. The van der Waals surface area contributed by atoms with Crippen molar-refractivity contribution in [2.45, 2.75) is 19.9 Å². The number of benzene rings is 2. The molecule has 140 valence electrons. The van der Waals surface area contributed by atoms with Gasteiger partial charge >= 0.3 is 0 Å². The van der Waals surface area contributed by atoms with Crippen molar-refractivity contribution in [3.8, 4) is 17.1 Å². The summed E-state index contributed by atoms with van der Waals surface area (Å²) in [5, 5.41) is 7.52. The summed E-state index contributed by atoms with van der Waals surface area (Å²) in [6, 6.07) is 15.9. The molecule has 1 aromatic heterocycles. The number of carbonyl (C=O) groups is 1. The quantitative estimate of drug-likeness (QED) is 0.656. The third-order valence-corrected chi connectivity index (χ3v) is 4.16. The standard InChI is InChI=1S/C20H20ClN3O3/c1-13(2)18(20-23-19(24-27-20)14-6-4-3-5-7-14)22-17(25)12-26-16-10-8-15(21)9-11-16/h3-11,13,18H,12H2,1-2H3,(H,22,25). The Balaban J connectivity index is 1.64. The third-order valence-electron chi connectivity index (χ3n) is 3.91. The van der Waals surface area contributed by atoms with Gasteiger partial charge in [0.25, 0.3) is 5.91 Å². The van der Waals surface area contributed by atoms with Gasteiger partial charge < -0.3 is 14.6 Å². The number of nitrogens with one attached hydrogen (secondary N) is 1. The predicted octanol–water partition coefficient (Wildman–Crippen LogP) is 4.28. The first-order chi connectivity index (χ1) is 13.0. The number of nitrogens with zero attached hydrogens (tertiary/aromatic N) is 2. The van der Waals surface area contributed by atoms with Crippen molar-refractivity contribution in [2.24, 2.45) is 5.92 Å². The number of carbonyl (C=O) groups excluding carboxylic acids is 1. The summed E-state index contributed by atoms with van der Waals surface area (Å²) in [5.41, 5.74) is 0.854. The van der Waals surface area contributed by atoms with E-state index in [1.54, 1.807) is 24.3 Å². The molecule has 0 aliphatic carbocycles. The zero-order chi connectivity index (χ0) is 19.2. The lowest BCUT2D eigenvalue weighted by Crippen LogP contribution is -2.35. The van der Waals surface area contributed by atoms with Crippen LogP contribution in [-0.4, -0.2) is 22.7 Å². The van der Waals surface area contributed by atoms with Crippen molar-refractivity contribution in [1.82, 2.24) is 15.5 Å². The summed E-state index contributed by atoms with van der Waals surface area (Å²) in [4.78, 5) is 16.7. The Labute approximate surface area is 162 Å². The van der Waals surface area contributed by atoms with Crippen LogP contribution in [-0.2, 0) is 4.79 Å². The van der Waals surface area contributed by atoms with Crippen LogP contribution in [0.15, 0.2) is 59.1 Å². The van der Waals surface area contributed by atoms with Crippen molar-refractivity contribution >= 4 is 17.5 Å². The molecular formula is C20H20ClN3O3. The topological polar surface area (TPSA) is 77.2 Å². The molecule has 0 radical (unpaired) electrons. The van der Waals surface area contributed by atoms with E-state index >= 15 is 0 Å². The highest BCUT2D eigenvalue weighted by Gasteiger charge is 2.25. The van der Waals surface area contributed by atoms with Gasteiger partial charge in [0, 0.05) is 10.6 Å². The molecule has 7 heteroatoms. The molecule has 2 aromatic carbocycles. The minimum Gasteiger partial charge on any atom is -0.484 e. The molecule has 0 fully saturated rings. The Hall–Kier alpha value is -2.86. The predicted molar refractivity (Wildman–Crippen MR) is 102 cm³/mol. The van der Waals surface area contributed by atoms with Gasteiger partial charge in [-0.1, -0.05) is 60.9 Å². The van der Waals surface area contributed by atoms with Crippen LogP contribution < -0.4 is 10.1 Å². The van der Waals surface area contributed by atoms with Gasteiger partial charge in [-0.25, -0.2) is 0 Å². The second-order valence-electron chi connectivity index (χ2n) is 6.35. The lowest BCUT2D eigenvalue weighted by molar-refractivity contribution is -0.124. The van der Waals surface area contributed by atoms with Crippen molar-refractivity contribution in [1.29, 1.82) is 0 Å². The van der Waals surface area contributed by atoms with Gasteiger partial charge in [0.2, 0.25) is 11.7 Å². The maximum absolute atomic E-state index is 12.3. The van der Waals surface area contributed by atoms with E-state index in [9.17, 15) is 4.79 Å². The fourth-order valence-electron chi connectivity index (χ4n) is 2.47. The van der Waals surface area contributed by atoms with E-state index in [0.29, 0.717) is 22.5 Å². The lowest BCUT2D eigenvalue weighted by Gasteiger charge is -2.18. The number of aromatic nitrogens is 2. The van der Waals surface area contributed by atoms with Gasteiger partial charge in [-0.05, 0) is 30.2 Å². The summed E-state index contributed by atoms with van der Waals surface area (Å²) in [7, 11) is 0. The molecule has 3 rings (SSSR count). The van der Waals surface area contributed by atoms with E-state index in [4.69, 9.17) is 20.9 Å². The van der Waals surface area contributed by atoms with E-state index in [-0.39, 0.29) is 18.4 Å². The zero-order valence-electron chi connectivity index (χ0n) is 15.1. The van der Waals surface area contributed by atoms with Crippen LogP contribution >= 0.6 is 11.6 Å². The first kappa shape index (κ1) is 18.9. The van der Waals surface area contributed by atoms with Crippen LogP contribution in [0, 0.1) is 5.92 Å². The first-order valence-corrected chi connectivity index (χ1v) is 8.97. The molecule has 1 N–H and O–H groups in total. The minimum absolute atomic E-state index is 0.0635. The fraction of sp³-hybridized carbons (Fsp3) is 0.250. The van der Waals surface area contributed by atoms with Crippen LogP contribution in [0.2, 0.25) is 5.02 Å². The molecule has 27 heavy (non-hydrogen) atoms. The number of halogens is 1. The van der Waals surface area contributed by atoms with Gasteiger partial charge in [0.05, 0.1) is 0 Å². The molecular weight excluding hydrogens is 366 g/mol. The molecule has 1 heterocycles. The zero-order valence-corrected chi connectivity index (χ0v) is 15.8. The first-order valence-electron chi connectivity index (χ1n) is 8.59. The summed E-state index contributed by atoms with van der Waals surface area (Å²) < 4.78 is 10.9. The van der Waals surface area contributed by atoms with Gasteiger partial charge in [-0.3, -0.25) is 4.79 Å². The molecule has 0 bridgehead atoms. The average molecular weight is 386 g/mol. The van der Waals surface area contributed by atoms with Crippen LogP contribution in [0.25, 0.3) is 11.4 Å². The van der Waals surface area contributed by atoms with E-state index in [0.717, 1.165) is 5.56 Å². The normalized spacial score (nSPS) is 12.0. The highest BCUT2D eigenvalue weighted by atomic mass is 35.5. The van der Waals surface area contributed by atoms with Gasteiger partial charge in [-0.15, -0.1) is 0 Å². The van der Waals surface area contributed by atoms with Gasteiger partial charge in [-0.2, -0.15) is 4.98 Å². The molecule has 0 aliphatic heterocycles. The summed E-state index contributed by atoms with van der Waals surface area (Å²) in [5.74, 6) is 1.21. The highest BCUT2D eigenvalue weighted by Crippen LogP contribution is 2.23. The number of amides is 1. The van der Waals surface area contributed by atoms with E-state index < -0.39 is 6.04 Å². The summed E-state index contributed by atoms with van der Waals surface area (Å²) in [6.07, 6.45) is 0. The Morgan fingerprint density at radius 3 is 2.52 bits per heavy atom. The van der Waals surface area contributed by atoms with Crippen LogP contribution in [0.1, 0.15) is 25.8 Å². The van der Waals surface area contributed by atoms with E-state index in [2.05, 4.69) is 15.5 Å². The minimum atomic E-state index is -0.406. The number of hydrogen-bond acceptors (Lipinski definition) is 5. The maximum atomic E-state index is 12.3. The monoisotopic (exact) mass is 385 g/mol. The molecule has 1 amide bonds. The molecule has 6 nitrogen and oxygen atoms in total. The van der Waals surface area contributed by atoms with Crippen molar-refractivity contribution in [2.75, 3.05) is 6.61 Å². The Morgan fingerprint density at radius 2 is 1.85 bits per heavy atom. The largest absolute Gasteiger partial charge is 0.484 e.